The minimum Gasteiger partial charge on any atom is -0.350 e. The summed E-state index contributed by atoms with van der Waals surface area (Å²) in [5, 5.41) is 6.87. The summed E-state index contributed by atoms with van der Waals surface area (Å²) >= 11 is 1.56. The number of hydrogen-bond donors (Lipinski definition) is 1. The maximum atomic E-state index is 11.8. The van der Waals surface area contributed by atoms with Gasteiger partial charge in [-0.15, -0.1) is 0 Å². The Morgan fingerprint density at radius 2 is 2.24 bits per heavy atom. The minimum absolute atomic E-state index is 0.0592. The van der Waals surface area contributed by atoms with Gasteiger partial charge in [-0.2, -0.15) is 11.3 Å². The van der Waals surface area contributed by atoms with Gasteiger partial charge in [0.25, 0.3) is 5.91 Å². The molecule has 0 aliphatic carbocycles. The number of thiophene rings is 1. The second-order valence-electron chi connectivity index (χ2n) is 4.71. The predicted octanol–water partition coefficient (Wildman–Crippen LogP) is 0.478. The molecule has 0 saturated carbocycles. The summed E-state index contributed by atoms with van der Waals surface area (Å²) in [5.74, 6) is 0.0592. The van der Waals surface area contributed by atoms with Gasteiger partial charge in [0.2, 0.25) is 0 Å². The summed E-state index contributed by atoms with van der Waals surface area (Å²) in [7, 11) is 0. The molecule has 17 heavy (non-hydrogen) atoms. The number of piperazine rings is 3. The van der Waals surface area contributed by atoms with E-state index in [9.17, 15) is 4.79 Å². The Hall–Kier alpha value is -0.910. The van der Waals surface area contributed by atoms with Crippen LogP contribution in [0.25, 0.3) is 0 Å². The third-order valence-corrected chi connectivity index (χ3v) is 4.36. The molecule has 1 aromatic heterocycles. The molecule has 92 valence electrons. The van der Waals surface area contributed by atoms with Crippen LogP contribution in [0, 0.1) is 0 Å². The Kier molecular flexibility index (Phi) is 3.13. The summed E-state index contributed by atoms with van der Waals surface area (Å²) in [6.45, 7) is 6.55. The lowest BCUT2D eigenvalue weighted by Crippen LogP contribution is -2.63. The van der Waals surface area contributed by atoms with E-state index < -0.39 is 0 Å². The second kappa shape index (κ2) is 4.76. The summed E-state index contributed by atoms with van der Waals surface area (Å²) in [6, 6.07) is 2.37. The van der Waals surface area contributed by atoms with Crippen LogP contribution in [0.1, 0.15) is 10.4 Å². The van der Waals surface area contributed by atoms with E-state index in [0.29, 0.717) is 6.04 Å². The highest BCUT2D eigenvalue weighted by molar-refractivity contribution is 7.08. The molecule has 0 aromatic carbocycles. The number of carbonyl (C=O) groups is 1. The lowest BCUT2D eigenvalue weighted by Gasteiger charge is -2.47. The SMILES string of the molecule is O=C(NCC1CN2CCN1CC2)c1ccsc1. The van der Waals surface area contributed by atoms with Crippen LogP contribution < -0.4 is 5.32 Å². The normalized spacial score (nSPS) is 31.4. The minimum atomic E-state index is 0.0592. The molecule has 4 nitrogen and oxygen atoms in total. The van der Waals surface area contributed by atoms with Crippen LogP contribution >= 0.6 is 11.3 Å². The molecule has 3 fully saturated rings. The quantitative estimate of drug-likeness (QED) is 0.848. The van der Waals surface area contributed by atoms with Gasteiger partial charge in [-0.3, -0.25) is 14.6 Å². The van der Waals surface area contributed by atoms with Gasteiger partial charge < -0.3 is 5.32 Å². The van der Waals surface area contributed by atoms with Crippen LogP contribution in [0.15, 0.2) is 16.8 Å². The van der Waals surface area contributed by atoms with E-state index >= 15 is 0 Å². The molecule has 1 aromatic rings. The molecule has 3 aliphatic rings. The molecule has 1 amide bonds. The van der Waals surface area contributed by atoms with E-state index in [1.165, 1.54) is 13.1 Å². The van der Waals surface area contributed by atoms with Crippen molar-refractivity contribution in [3.8, 4) is 0 Å². The number of nitrogens with one attached hydrogen (secondary N) is 1. The Morgan fingerprint density at radius 1 is 1.41 bits per heavy atom. The molecule has 0 radical (unpaired) electrons. The number of rotatable bonds is 3. The zero-order valence-electron chi connectivity index (χ0n) is 9.76. The molecule has 4 rings (SSSR count). The maximum absolute atomic E-state index is 11.8. The van der Waals surface area contributed by atoms with Crippen LogP contribution in [0.2, 0.25) is 0 Å². The van der Waals surface area contributed by atoms with Gasteiger partial charge in [-0.1, -0.05) is 0 Å². The van der Waals surface area contributed by atoms with Crippen molar-refractivity contribution in [3.05, 3.63) is 22.4 Å². The molecule has 3 saturated heterocycles. The molecule has 1 atom stereocenters. The number of hydrogen-bond acceptors (Lipinski definition) is 4. The summed E-state index contributed by atoms with van der Waals surface area (Å²) in [5.41, 5.74) is 0.784. The molecule has 3 aliphatic heterocycles. The van der Waals surface area contributed by atoms with Gasteiger partial charge in [-0.05, 0) is 11.4 Å². The van der Waals surface area contributed by atoms with E-state index in [4.69, 9.17) is 0 Å². The second-order valence-corrected chi connectivity index (χ2v) is 5.49. The van der Waals surface area contributed by atoms with Crippen LogP contribution in [0.5, 0.6) is 0 Å². The predicted molar refractivity (Wildman–Crippen MR) is 68.5 cm³/mol. The van der Waals surface area contributed by atoms with Crippen LogP contribution in [-0.4, -0.2) is 61.0 Å². The molecule has 0 spiro atoms. The number of amides is 1. The first-order valence-corrected chi connectivity index (χ1v) is 7.04. The number of fused-ring (bicyclic) bond motifs is 3. The van der Waals surface area contributed by atoms with Crippen LogP contribution in [-0.2, 0) is 0 Å². The van der Waals surface area contributed by atoms with Gasteiger partial charge in [0.15, 0.2) is 0 Å². The fourth-order valence-corrected chi connectivity index (χ4v) is 3.26. The summed E-state index contributed by atoms with van der Waals surface area (Å²) < 4.78 is 0. The van der Waals surface area contributed by atoms with Gasteiger partial charge in [0.1, 0.15) is 0 Å². The molecule has 4 heterocycles. The van der Waals surface area contributed by atoms with E-state index in [2.05, 4.69) is 15.1 Å². The lowest BCUT2D eigenvalue weighted by atomic mass is 10.1. The topological polar surface area (TPSA) is 35.6 Å². The van der Waals surface area contributed by atoms with Crippen LogP contribution in [0.3, 0.4) is 0 Å². The first kappa shape index (κ1) is 11.2. The average molecular weight is 251 g/mol. The van der Waals surface area contributed by atoms with E-state index in [0.717, 1.165) is 31.7 Å². The van der Waals surface area contributed by atoms with E-state index in [-0.39, 0.29) is 5.91 Å². The highest BCUT2D eigenvalue weighted by Gasteiger charge is 2.31. The van der Waals surface area contributed by atoms with Crippen molar-refractivity contribution >= 4 is 17.2 Å². The zero-order chi connectivity index (χ0) is 11.7. The standard InChI is InChI=1S/C12H17N3OS/c16-12(10-1-6-17-9-10)13-7-11-8-14-2-4-15(11)5-3-14/h1,6,9,11H,2-5,7-8H2,(H,13,16). The van der Waals surface area contributed by atoms with E-state index in [1.807, 2.05) is 16.8 Å². The van der Waals surface area contributed by atoms with Crippen molar-refractivity contribution in [3.63, 3.8) is 0 Å². The van der Waals surface area contributed by atoms with Crippen molar-refractivity contribution in [1.29, 1.82) is 0 Å². The molecular formula is C12H17N3OS. The summed E-state index contributed by atoms with van der Waals surface area (Å²) in [6.07, 6.45) is 0. The molecular weight excluding hydrogens is 234 g/mol. The fourth-order valence-electron chi connectivity index (χ4n) is 2.62. The Balaban J connectivity index is 1.53. The summed E-state index contributed by atoms with van der Waals surface area (Å²) in [4.78, 5) is 16.8. The van der Waals surface area contributed by atoms with Gasteiger partial charge in [0.05, 0.1) is 0 Å². The Morgan fingerprint density at radius 3 is 2.82 bits per heavy atom. The first-order chi connectivity index (χ1) is 8.33. The van der Waals surface area contributed by atoms with Crippen molar-refractivity contribution in [2.24, 2.45) is 0 Å². The Labute approximate surface area is 105 Å². The van der Waals surface area contributed by atoms with Crippen molar-refractivity contribution in [2.75, 3.05) is 39.3 Å². The monoisotopic (exact) mass is 251 g/mol. The number of carbonyl (C=O) groups excluding carboxylic acids is 1. The molecule has 2 bridgehead atoms. The van der Waals surface area contributed by atoms with Crippen molar-refractivity contribution in [1.82, 2.24) is 15.1 Å². The molecule has 1 unspecified atom stereocenters. The smallest absolute Gasteiger partial charge is 0.252 e. The average Bonchev–Trinajstić information content (AvgIpc) is 2.91. The maximum Gasteiger partial charge on any atom is 0.252 e. The zero-order valence-corrected chi connectivity index (χ0v) is 10.6. The van der Waals surface area contributed by atoms with Crippen molar-refractivity contribution < 1.29 is 4.79 Å². The third-order valence-electron chi connectivity index (χ3n) is 3.67. The van der Waals surface area contributed by atoms with E-state index in [1.54, 1.807) is 11.3 Å². The molecule has 5 heteroatoms. The third kappa shape index (κ3) is 2.36. The van der Waals surface area contributed by atoms with Crippen molar-refractivity contribution in [2.45, 2.75) is 6.04 Å². The highest BCUT2D eigenvalue weighted by atomic mass is 32.1. The van der Waals surface area contributed by atoms with Crippen LogP contribution in [0.4, 0.5) is 0 Å². The Bertz CT molecular complexity index is 384. The first-order valence-electron chi connectivity index (χ1n) is 6.10. The lowest BCUT2D eigenvalue weighted by molar-refractivity contribution is 0.0138. The van der Waals surface area contributed by atoms with Gasteiger partial charge in [0, 0.05) is 56.3 Å². The molecule has 1 N–H and O–H groups in total. The van der Waals surface area contributed by atoms with Gasteiger partial charge in [-0.25, -0.2) is 0 Å². The number of nitrogens with zero attached hydrogens (tertiary/aromatic N) is 2. The fraction of sp³-hybridized carbons (Fsp3) is 0.583. The van der Waals surface area contributed by atoms with Gasteiger partial charge >= 0.3 is 0 Å². The highest BCUT2D eigenvalue weighted by Crippen LogP contribution is 2.15. The largest absolute Gasteiger partial charge is 0.350 e.